The van der Waals surface area contributed by atoms with Gasteiger partial charge in [0.15, 0.2) is 0 Å². The minimum atomic E-state index is -2.92. The monoisotopic (exact) mass is 237 g/mol. The van der Waals surface area contributed by atoms with Crippen LogP contribution in [0.1, 0.15) is 17.0 Å². The van der Waals surface area contributed by atoms with E-state index in [0.717, 1.165) is 18.7 Å². The lowest BCUT2D eigenvalue weighted by Crippen LogP contribution is -2.27. The Morgan fingerprint density at radius 3 is 2.60 bits per heavy atom. The van der Waals surface area contributed by atoms with Gasteiger partial charge in [-0.15, -0.1) is 9.78 Å². The normalized spacial score (nSPS) is 11.5. The van der Waals surface area contributed by atoms with Gasteiger partial charge in [-0.25, -0.2) is 13.6 Å². The fourth-order valence-electron chi connectivity index (χ4n) is 0.910. The van der Waals surface area contributed by atoms with Gasteiger partial charge in [-0.3, -0.25) is 9.36 Å². The van der Waals surface area contributed by atoms with Crippen LogP contribution in [-0.4, -0.2) is 20.3 Å². The van der Waals surface area contributed by atoms with Gasteiger partial charge in [0.05, 0.1) is 0 Å². The third kappa shape index (κ3) is 2.12. The van der Waals surface area contributed by atoms with Crippen LogP contribution in [0.3, 0.4) is 0 Å². The Kier molecular flexibility index (Phi) is 3.35. The SMILES string of the molecule is Cn1c(C(F)F)nn(C(=O)/C=C/Cl)c1=O. The summed E-state index contributed by atoms with van der Waals surface area (Å²) in [6.07, 6.45) is -2.08. The molecule has 0 aromatic carbocycles. The molecule has 1 heterocycles. The molecule has 0 aliphatic rings. The van der Waals surface area contributed by atoms with Crippen molar-refractivity contribution >= 4 is 17.5 Å². The smallest absolute Gasteiger partial charge is 0.277 e. The molecule has 0 unspecified atom stereocenters. The quantitative estimate of drug-likeness (QED) is 0.719. The van der Waals surface area contributed by atoms with E-state index in [1.807, 2.05) is 0 Å². The molecular weight excluding hydrogens is 232 g/mol. The molecule has 8 heteroatoms. The summed E-state index contributed by atoms with van der Waals surface area (Å²) < 4.78 is 25.5. The topological polar surface area (TPSA) is 56.9 Å². The zero-order valence-electron chi connectivity index (χ0n) is 7.52. The van der Waals surface area contributed by atoms with Crippen LogP contribution in [0.4, 0.5) is 8.78 Å². The summed E-state index contributed by atoms with van der Waals surface area (Å²) in [6.45, 7) is 0. The number of alkyl halides is 2. The number of aromatic nitrogens is 3. The Labute approximate surface area is 87.6 Å². The maximum absolute atomic E-state index is 12.3. The number of halogens is 3. The summed E-state index contributed by atoms with van der Waals surface area (Å²) in [7, 11) is 1.10. The van der Waals surface area contributed by atoms with E-state index in [1.165, 1.54) is 0 Å². The van der Waals surface area contributed by atoms with Gasteiger partial charge in [0.2, 0.25) is 5.82 Å². The molecule has 0 aliphatic carbocycles. The molecule has 0 fully saturated rings. The molecule has 0 N–H and O–H groups in total. The lowest BCUT2D eigenvalue weighted by atomic mass is 10.6. The molecule has 0 radical (unpaired) electrons. The lowest BCUT2D eigenvalue weighted by Gasteiger charge is -1.93. The maximum atomic E-state index is 12.3. The lowest BCUT2D eigenvalue weighted by molar-refractivity contribution is 0.0946. The first kappa shape index (κ1) is 11.6. The third-order valence-corrected chi connectivity index (χ3v) is 1.75. The predicted molar refractivity (Wildman–Crippen MR) is 48.0 cm³/mol. The Bertz CT molecular complexity index is 463. The fraction of sp³-hybridized carbons (Fsp3) is 0.286. The summed E-state index contributed by atoms with van der Waals surface area (Å²) in [5, 5.41) is 3.19. The van der Waals surface area contributed by atoms with Crippen LogP contribution in [0.2, 0.25) is 0 Å². The van der Waals surface area contributed by atoms with Crippen LogP contribution in [0.5, 0.6) is 0 Å². The highest BCUT2D eigenvalue weighted by atomic mass is 35.5. The molecule has 1 rings (SSSR count). The molecule has 1 aromatic heterocycles. The third-order valence-electron chi connectivity index (χ3n) is 1.62. The number of rotatable bonds is 2. The number of hydrogen-bond donors (Lipinski definition) is 0. The first-order valence-corrected chi connectivity index (χ1v) is 4.18. The van der Waals surface area contributed by atoms with Gasteiger partial charge < -0.3 is 0 Å². The average molecular weight is 238 g/mol. The maximum Gasteiger partial charge on any atom is 0.353 e. The number of carbonyl (C=O) groups is 1. The molecule has 15 heavy (non-hydrogen) atoms. The minimum Gasteiger partial charge on any atom is -0.277 e. The van der Waals surface area contributed by atoms with Crippen LogP contribution in [-0.2, 0) is 7.05 Å². The van der Waals surface area contributed by atoms with Crippen molar-refractivity contribution in [3.05, 3.63) is 27.9 Å². The van der Waals surface area contributed by atoms with Crippen molar-refractivity contribution in [3.8, 4) is 0 Å². The predicted octanol–water partition coefficient (Wildman–Crippen LogP) is 0.912. The number of hydrogen-bond acceptors (Lipinski definition) is 3. The molecule has 5 nitrogen and oxygen atoms in total. The van der Waals surface area contributed by atoms with Gasteiger partial charge in [-0.2, -0.15) is 0 Å². The second kappa shape index (κ2) is 4.35. The molecule has 0 spiro atoms. The van der Waals surface area contributed by atoms with Gasteiger partial charge >= 0.3 is 5.69 Å². The molecule has 0 bridgehead atoms. The number of allylic oxidation sites excluding steroid dienone is 1. The van der Waals surface area contributed by atoms with Crippen molar-refractivity contribution < 1.29 is 13.6 Å². The molecular formula is C7H6ClF2N3O2. The summed E-state index contributed by atoms with van der Waals surface area (Å²) in [5.41, 5.74) is -0.0732. The van der Waals surface area contributed by atoms with Crippen LogP contribution < -0.4 is 5.69 Å². The van der Waals surface area contributed by atoms with Crippen molar-refractivity contribution in [2.75, 3.05) is 0 Å². The Morgan fingerprint density at radius 2 is 2.20 bits per heavy atom. The van der Waals surface area contributed by atoms with E-state index in [9.17, 15) is 18.4 Å². The largest absolute Gasteiger partial charge is 0.353 e. The van der Waals surface area contributed by atoms with Gasteiger partial charge in [0.1, 0.15) is 0 Å². The van der Waals surface area contributed by atoms with Crippen LogP contribution >= 0.6 is 11.6 Å². The fourth-order valence-corrected chi connectivity index (χ4v) is 1.02. The molecule has 0 atom stereocenters. The highest BCUT2D eigenvalue weighted by molar-refractivity contribution is 6.26. The van der Waals surface area contributed by atoms with E-state index in [1.54, 1.807) is 0 Å². The molecule has 0 aliphatic heterocycles. The standard InChI is InChI=1S/C7H6ClF2N3O2/c1-12-6(5(9)10)11-13(7(12)15)4(14)2-3-8/h2-3,5H,1H3/b3-2+. The van der Waals surface area contributed by atoms with Gasteiger partial charge in [-0.1, -0.05) is 11.6 Å². The molecule has 0 saturated carbocycles. The van der Waals surface area contributed by atoms with Crippen molar-refractivity contribution in [1.29, 1.82) is 0 Å². The first-order valence-electron chi connectivity index (χ1n) is 3.74. The molecule has 0 saturated heterocycles. The van der Waals surface area contributed by atoms with E-state index >= 15 is 0 Å². The second-order valence-electron chi connectivity index (χ2n) is 2.54. The average Bonchev–Trinajstić information content (AvgIpc) is 2.45. The van der Waals surface area contributed by atoms with E-state index in [2.05, 4.69) is 5.10 Å². The molecule has 82 valence electrons. The highest BCUT2D eigenvalue weighted by Crippen LogP contribution is 2.13. The van der Waals surface area contributed by atoms with Crippen LogP contribution in [0, 0.1) is 0 Å². The molecule has 0 amide bonds. The zero-order chi connectivity index (χ0) is 11.6. The van der Waals surface area contributed by atoms with Gasteiger partial charge in [-0.05, 0) is 0 Å². The van der Waals surface area contributed by atoms with E-state index in [-0.39, 0.29) is 0 Å². The number of carbonyl (C=O) groups excluding carboxylic acids is 1. The van der Waals surface area contributed by atoms with Gasteiger partial charge in [0.25, 0.3) is 12.3 Å². The van der Waals surface area contributed by atoms with Crippen molar-refractivity contribution in [2.24, 2.45) is 7.05 Å². The zero-order valence-corrected chi connectivity index (χ0v) is 8.28. The Hall–Kier alpha value is -1.50. The Balaban J connectivity index is 3.28. The summed E-state index contributed by atoms with van der Waals surface area (Å²) in [4.78, 5) is 22.4. The van der Waals surface area contributed by atoms with Crippen molar-refractivity contribution in [3.63, 3.8) is 0 Å². The molecule has 1 aromatic rings. The van der Waals surface area contributed by atoms with Crippen LogP contribution in [0.25, 0.3) is 0 Å². The highest BCUT2D eigenvalue weighted by Gasteiger charge is 2.20. The Morgan fingerprint density at radius 1 is 1.60 bits per heavy atom. The van der Waals surface area contributed by atoms with E-state index < -0.39 is 23.8 Å². The van der Waals surface area contributed by atoms with Crippen molar-refractivity contribution in [2.45, 2.75) is 6.43 Å². The number of nitrogens with zero attached hydrogens (tertiary/aromatic N) is 3. The minimum absolute atomic E-state index is 0.320. The first-order chi connectivity index (χ1) is 6.99. The summed E-state index contributed by atoms with van der Waals surface area (Å²) >= 11 is 5.11. The van der Waals surface area contributed by atoms with Crippen molar-refractivity contribution in [1.82, 2.24) is 14.3 Å². The van der Waals surface area contributed by atoms with E-state index in [4.69, 9.17) is 11.6 Å². The second-order valence-corrected chi connectivity index (χ2v) is 2.80. The van der Waals surface area contributed by atoms with E-state index in [0.29, 0.717) is 9.25 Å². The van der Waals surface area contributed by atoms with Crippen LogP contribution in [0.15, 0.2) is 16.4 Å². The van der Waals surface area contributed by atoms with Gasteiger partial charge in [0, 0.05) is 18.7 Å². The summed E-state index contributed by atoms with van der Waals surface area (Å²) in [6, 6.07) is 0. The summed E-state index contributed by atoms with van der Waals surface area (Å²) in [5.74, 6) is -1.64.